The van der Waals surface area contributed by atoms with Gasteiger partial charge in [0.1, 0.15) is 6.07 Å². The van der Waals surface area contributed by atoms with Crippen LogP contribution in [0.15, 0.2) is 24.3 Å². The summed E-state index contributed by atoms with van der Waals surface area (Å²) in [6.45, 7) is 1.54. The van der Waals surface area contributed by atoms with Crippen molar-refractivity contribution in [3.05, 3.63) is 29.8 Å². The molecular weight excluding hydrogens is 316 g/mol. The van der Waals surface area contributed by atoms with Crippen molar-refractivity contribution in [2.75, 3.05) is 5.32 Å². The minimum Gasteiger partial charge on any atom is -0.453 e. The Morgan fingerprint density at radius 2 is 2.00 bits per heavy atom. The topological polar surface area (TPSA) is 79.2 Å². The van der Waals surface area contributed by atoms with Crippen LogP contribution in [0, 0.1) is 17.2 Å². The number of nitriles is 1. The Morgan fingerprint density at radius 1 is 1.28 bits per heavy atom. The number of nitrogens with zero attached hydrogens (tertiary/aromatic N) is 1. The van der Waals surface area contributed by atoms with Gasteiger partial charge in [-0.25, -0.2) is 0 Å². The molecule has 1 aromatic carbocycles. The first-order valence-electron chi connectivity index (χ1n) is 9.09. The molecule has 0 heterocycles. The van der Waals surface area contributed by atoms with E-state index in [-0.39, 0.29) is 5.97 Å². The number of hydrogen-bond donors (Lipinski definition) is 1. The minimum atomic E-state index is -0.881. The van der Waals surface area contributed by atoms with Gasteiger partial charge in [0.15, 0.2) is 6.10 Å². The zero-order valence-corrected chi connectivity index (χ0v) is 14.8. The lowest BCUT2D eigenvalue weighted by Crippen LogP contribution is -2.30. The van der Waals surface area contributed by atoms with Gasteiger partial charge in [0.25, 0.3) is 5.91 Å². The number of anilines is 1. The zero-order valence-electron chi connectivity index (χ0n) is 14.8. The average Bonchev–Trinajstić information content (AvgIpc) is 2.63. The average molecular weight is 342 g/mol. The van der Waals surface area contributed by atoms with E-state index in [2.05, 4.69) is 5.32 Å². The second kappa shape index (κ2) is 9.83. The van der Waals surface area contributed by atoms with Gasteiger partial charge >= 0.3 is 5.97 Å². The zero-order chi connectivity index (χ0) is 18.1. The van der Waals surface area contributed by atoms with Crippen molar-refractivity contribution in [2.24, 2.45) is 5.92 Å². The lowest BCUT2D eigenvalue weighted by molar-refractivity contribution is -0.153. The summed E-state index contributed by atoms with van der Waals surface area (Å²) in [5.74, 6) is -0.0277. The van der Waals surface area contributed by atoms with Crippen LogP contribution in [0.1, 0.15) is 63.9 Å². The molecule has 1 aliphatic carbocycles. The molecule has 1 atom stereocenters. The van der Waals surface area contributed by atoms with Crippen molar-refractivity contribution in [1.29, 1.82) is 5.26 Å². The molecule has 1 aromatic rings. The van der Waals surface area contributed by atoms with Crippen molar-refractivity contribution < 1.29 is 14.3 Å². The summed E-state index contributed by atoms with van der Waals surface area (Å²) in [4.78, 5) is 24.1. The first kappa shape index (κ1) is 19.0. The van der Waals surface area contributed by atoms with Gasteiger partial charge in [0.2, 0.25) is 0 Å². The van der Waals surface area contributed by atoms with Gasteiger partial charge in [-0.1, -0.05) is 44.2 Å². The highest BCUT2D eigenvalue weighted by Gasteiger charge is 2.19. The molecule has 1 saturated carbocycles. The third kappa shape index (κ3) is 6.22. The number of benzene rings is 1. The molecule has 0 aliphatic heterocycles. The molecule has 1 aliphatic rings. The molecule has 25 heavy (non-hydrogen) atoms. The van der Waals surface area contributed by atoms with Crippen LogP contribution in [-0.2, 0) is 14.3 Å². The number of carbonyl (C=O) groups is 2. The standard InChI is InChI=1S/C20H26N2O3/c1-15(20(24)22-18-12-6-5-11-17(18)14-21)25-19(23)13-7-10-16-8-3-2-4-9-16/h5-6,11-12,15-16H,2-4,7-10,13H2,1H3,(H,22,24). The van der Waals surface area contributed by atoms with Gasteiger partial charge in [-0.05, 0) is 37.8 Å². The maximum absolute atomic E-state index is 12.1. The minimum absolute atomic E-state index is 0.341. The Bertz CT molecular complexity index is 630. The van der Waals surface area contributed by atoms with Crippen molar-refractivity contribution in [1.82, 2.24) is 0 Å². The van der Waals surface area contributed by atoms with Crippen LogP contribution < -0.4 is 5.32 Å². The van der Waals surface area contributed by atoms with E-state index < -0.39 is 12.0 Å². The summed E-state index contributed by atoms with van der Waals surface area (Å²) in [7, 11) is 0. The fourth-order valence-electron chi connectivity index (χ4n) is 3.24. The van der Waals surface area contributed by atoms with E-state index in [1.54, 1.807) is 31.2 Å². The van der Waals surface area contributed by atoms with Crippen molar-refractivity contribution in [3.8, 4) is 6.07 Å². The van der Waals surface area contributed by atoms with Crippen LogP contribution in [0.4, 0.5) is 5.69 Å². The molecule has 1 unspecified atom stereocenters. The number of ether oxygens (including phenoxy) is 1. The molecule has 1 fully saturated rings. The lowest BCUT2D eigenvalue weighted by atomic mass is 9.86. The summed E-state index contributed by atoms with van der Waals surface area (Å²) in [5, 5.41) is 11.7. The Kier molecular flexibility index (Phi) is 7.46. The third-order valence-corrected chi connectivity index (χ3v) is 4.70. The van der Waals surface area contributed by atoms with Crippen LogP contribution >= 0.6 is 0 Å². The second-order valence-electron chi connectivity index (χ2n) is 6.67. The Balaban J connectivity index is 1.72. The molecule has 0 radical (unpaired) electrons. The van der Waals surface area contributed by atoms with Gasteiger partial charge in [0.05, 0.1) is 11.3 Å². The van der Waals surface area contributed by atoms with Crippen molar-refractivity contribution >= 4 is 17.6 Å². The molecule has 1 amide bonds. The van der Waals surface area contributed by atoms with Crippen LogP contribution in [0.2, 0.25) is 0 Å². The number of hydrogen-bond acceptors (Lipinski definition) is 4. The largest absolute Gasteiger partial charge is 0.453 e. The highest BCUT2D eigenvalue weighted by Crippen LogP contribution is 2.27. The van der Waals surface area contributed by atoms with Gasteiger partial charge in [-0.3, -0.25) is 9.59 Å². The number of esters is 1. The maximum Gasteiger partial charge on any atom is 0.306 e. The predicted molar refractivity (Wildman–Crippen MR) is 95.8 cm³/mol. The van der Waals surface area contributed by atoms with E-state index in [1.165, 1.54) is 32.1 Å². The molecule has 0 aromatic heterocycles. The molecule has 5 nitrogen and oxygen atoms in total. The third-order valence-electron chi connectivity index (χ3n) is 4.70. The van der Waals surface area contributed by atoms with E-state index in [0.29, 0.717) is 17.7 Å². The van der Waals surface area contributed by atoms with Crippen molar-refractivity contribution in [3.63, 3.8) is 0 Å². The summed E-state index contributed by atoms with van der Waals surface area (Å²) in [5.41, 5.74) is 0.803. The summed E-state index contributed by atoms with van der Waals surface area (Å²) in [6.07, 6.45) is 7.82. The highest BCUT2D eigenvalue weighted by molar-refractivity contribution is 5.96. The second-order valence-corrected chi connectivity index (χ2v) is 6.67. The highest BCUT2D eigenvalue weighted by atomic mass is 16.5. The quantitative estimate of drug-likeness (QED) is 0.754. The van der Waals surface area contributed by atoms with Crippen LogP contribution in [-0.4, -0.2) is 18.0 Å². The maximum atomic E-state index is 12.1. The fourth-order valence-corrected chi connectivity index (χ4v) is 3.24. The van der Waals surface area contributed by atoms with Gasteiger partial charge in [-0.2, -0.15) is 5.26 Å². The number of para-hydroxylation sites is 1. The SMILES string of the molecule is CC(OC(=O)CCCC1CCCCC1)C(=O)Nc1ccccc1C#N. The van der Waals surface area contributed by atoms with Crippen LogP contribution in [0.3, 0.4) is 0 Å². The first-order chi connectivity index (χ1) is 12.1. The molecule has 0 saturated heterocycles. The Morgan fingerprint density at radius 3 is 2.72 bits per heavy atom. The molecule has 0 spiro atoms. The summed E-state index contributed by atoms with van der Waals surface area (Å²) < 4.78 is 5.21. The lowest BCUT2D eigenvalue weighted by Gasteiger charge is -2.21. The van der Waals surface area contributed by atoms with E-state index in [9.17, 15) is 9.59 Å². The normalized spacial score (nSPS) is 15.8. The molecule has 0 bridgehead atoms. The Labute approximate surface area is 149 Å². The van der Waals surface area contributed by atoms with Crippen molar-refractivity contribution in [2.45, 2.75) is 64.4 Å². The molecular formula is C20H26N2O3. The van der Waals surface area contributed by atoms with Crippen LogP contribution in [0.5, 0.6) is 0 Å². The molecule has 134 valence electrons. The number of amides is 1. The number of carbonyl (C=O) groups excluding carboxylic acids is 2. The molecule has 5 heteroatoms. The molecule has 1 N–H and O–H groups in total. The van der Waals surface area contributed by atoms with E-state index >= 15 is 0 Å². The Hall–Kier alpha value is -2.35. The number of nitrogens with one attached hydrogen (secondary N) is 1. The summed E-state index contributed by atoms with van der Waals surface area (Å²) >= 11 is 0. The first-order valence-corrected chi connectivity index (χ1v) is 9.09. The van der Waals surface area contributed by atoms with E-state index in [1.807, 2.05) is 6.07 Å². The van der Waals surface area contributed by atoms with E-state index in [0.717, 1.165) is 18.8 Å². The van der Waals surface area contributed by atoms with E-state index in [4.69, 9.17) is 10.00 Å². The van der Waals surface area contributed by atoms with Crippen LogP contribution in [0.25, 0.3) is 0 Å². The fraction of sp³-hybridized carbons (Fsp3) is 0.550. The smallest absolute Gasteiger partial charge is 0.306 e. The number of rotatable bonds is 7. The van der Waals surface area contributed by atoms with Gasteiger partial charge in [0, 0.05) is 6.42 Å². The summed E-state index contributed by atoms with van der Waals surface area (Å²) in [6, 6.07) is 8.75. The van der Waals surface area contributed by atoms with Gasteiger partial charge < -0.3 is 10.1 Å². The van der Waals surface area contributed by atoms with Gasteiger partial charge in [-0.15, -0.1) is 0 Å². The molecule has 2 rings (SSSR count). The monoisotopic (exact) mass is 342 g/mol. The predicted octanol–water partition coefficient (Wildman–Crippen LogP) is 4.18.